The smallest absolute Gasteiger partial charge is 0.227 e. The molecule has 3 aromatic carbocycles. The molecule has 1 aromatic heterocycles. The van der Waals surface area contributed by atoms with Crippen LogP contribution in [0.25, 0.3) is 11.0 Å². The van der Waals surface area contributed by atoms with Crippen molar-refractivity contribution in [3.05, 3.63) is 88.2 Å². The molecule has 0 aliphatic carbocycles. The van der Waals surface area contributed by atoms with Crippen molar-refractivity contribution in [1.29, 1.82) is 0 Å². The third kappa shape index (κ3) is 4.47. The average Bonchev–Trinajstić information content (AvgIpc) is 3.39. The number of benzene rings is 3. The zero-order valence-electron chi connectivity index (χ0n) is 19.5. The van der Waals surface area contributed by atoms with E-state index in [1.165, 1.54) is 0 Å². The molecule has 1 aliphatic rings. The number of aryl methyl sites for hydroxylation is 3. The maximum atomic E-state index is 12.9. The Morgan fingerprint density at radius 2 is 1.74 bits per heavy atom. The van der Waals surface area contributed by atoms with Crippen LogP contribution in [0, 0.1) is 13.8 Å². The Morgan fingerprint density at radius 3 is 2.50 bits per heavy atom. The molecule has 0 saturated carbocycles. The molecule has 5 nitrogen and oxygen atoms in total. The molecule has 1 aliphatic heterocycles. The molecule has 1 fully saturated rings. The van der Waals surface area contributed by atoms with Gasteiger partial charge in [0.25, 0.3) is 0 Å². The van der Waals surface area contributed by atoms with Crippen LogP contribution < -0.4 is 9.64 Å². The van der Waals surface area contributed by atoms with Gasteiger partial charge in [-0.1, -0.05) is 46.3 Å². The highest BCUT2D eigenvalue weighted by molar-refractivity contribution is 9.10. The average molecular weight is 518 g/mol. The summed E-state index contributed by atoms with van der Waals surface area (Å²) >= 11 is 3.47. The fraction of sp³-hybridized carbons (Fsp3) is 0.286. The van der Waals surface area contributed by atoms with Crippen LogP contribution >= 0.6 is 15.9 Å². The van der Waals surface area contributed by atoms with Crippen LogP contribution in [0.3, 0.4) is 0 Å². The molecule has 0 spiro atoms. The van der Waals surface area contributed by atoms with Gasteiger partial charge in [-0.15, -0.1) is 0 Å². The number of halogens is 1. The van der Waals surface area contributed by atoms with Gasteiger partial charge in [0.2, 0.25) is 5.91 Å². The summed E-state index contributed by atoms with van der Waals surface area (Å²) in [6.45, 7) is 6.23. The number of nitrogens with zero attached hydrogens (tertiary/aromatic N) is 3. The third-order valence-electron chi connectivity index (χ3n) is 6.49. The monoisotopic (exact) mass is 517 g/mol. The molecule has 174 valence electrons. The van der Waals surface area contributed by atoms with Crippen molar-refractivity contribution in [2.45, 2.75) is 39.2 Å². The molecular formula is C28H28BrN3O2. The van der Waals surface area contributed by atoms with E-state index < -0.39 is 0 Å². The van der Waals surface area contributed by atoms with Gasteiger partial charge in [0, 0.05) is 35.6 Å². The van der Waals surface area contributed by atoms with E-state index in [1.54, 1.807) is 0 Å². The maximum absolute atomic E-state index is 12.9. The Hall–Kier alpha value is -3.12. The van der Waals surface area contributed by atoms with Crippen molar-refractivity contribution in [3.63, 3.8) is 0 Å². The summed E-state index contributed by atoms with van der Waals surface area (Å²) in [5, 5.41) is 0. The number of hydrogen-bond donors (Lipinski definition) is 0. The van der Waals surface area contributed by atoms with E-state index >= 15 is 0 Å². The van der Waals surface area contributed by atoms with Crippen LogP contribution in [0.4, 0.5) is 5.69 Å². The highest BCUT2D eigenvalue weighted by Crippen LogP contribution is 2.34. The van der Waals surface area contributed by atoms with Crippen molar-refractivity contribution in [2.24, 2.45) is 0 Å². The lowest BCUT2D eigenvalue weighted by molar-refractivity contribution is -0.117. The van der Waals surface area contributed by atoms with Crippen LogP contribution in [-0.4, -0.2) is 28.6 Å². The fourth-order valence-corrected chi connectivity index (χ4v) is 5.08. The maximum Gasteiger partial charge on any atom is 0.227 e. The van der Waals surface area contributed by atoms with Gasteiger partial charge in [-0.3, -0.25) is 4.79 Å². The van der Waals surface area contributed by atoms with Crippen molar-refractivity contribution in [1.82, 2.24) is 9.55 Å². The lowest BCUT2D eigenvalue weighted by Crippen LogP contribution is -2.24. The van der Waals surface area contributed by atoms with Crippen molar-refractivity contribution in [2.75, 3.05) is 18.1 Å². The second-order valence-electron chi connectivity index (χ2n) is 8.92. The van der Waals surface area contributed by atoms with E-state index in [4.69, 9.17) is 9.72 Å². The summed E-state index contributed by atoms with van der Waals surface area (Å²) < 4.78 is 9.43. The first kappa shape index (κ1) is 22.7. The molecular weight excluding hydrogens is 490 g/mol. The molecule has 6 heteroatoms. The molecule has 0 radical (unpaired) electrons. The molecule has 1 saturated heterocycles. The number of rotatable bonds is 7. The lowest BCUT2D eigenvalue weighted by Gasteiger charge is -2.18. The number of imidazole rings is 1. The fourth-order valence-electron chi connectivity index (χ4n) is 4.82. The van der Waals surface area contributed by atoms with Gasteiger partial charge in [0.1, 0.15) is 11.6 Å². The standard InChI is InChI=1S/C28H28BrN3O2/c1-19-7-5-8-20(2)27(19)34-16-6-15-31-25-10-4-3-9-24(25)30-28(31)21-17-26(33)32(18-21)23-13-11-22(29)12-14-23/h3-5,7-14,21H,6,15-18H2,1-2H3. The summed E-state index contributed by atoms with van der Waals surface area (Å²) in [5.74, 6) is 2.17. The number of ether oxygens (including phenoxy) is 1. The first-order chi connectivity index (χ1) is 16.5. The van der Waals surface area contributed by atoms with E-state index in [2.05, 4.69) is 58.6 Å². The van der Waals surface area contributed by atoms with Gasteiger partial charge < -0.3 is 14.2 Å². The van der Waals surface area contributed by atoms with E-state index in [1.807, 2.05) is 47.4 Å². The van der Waals surface area contributed by atoms with Crippen LogP contribution in [0.2, 0.25) is 0 Å². The van der Waals surface area contributed by atoms with Crippen molar-refractivity contribution >= 4 is 38.6 Å². The number of para-hydroxylation sites is 3. The highest BCUT2D eigenvalue weighted by atomic mass is 79.9. The predicted octanol–water partition coefficient (Wildman–Crippen LogP) is 6.41. The zero-order valence-corrected chi connectivity index (χ0v) is 21.1. The molecule has 34 heavy (non-hydrogen) atoms. The lowest BCUT2D eigenvalue weighted by atomic mass is 10.1. The first-order valence-corrected chi connectivity index (χ1v) is 12.5. The quantitative estimate of drug-likeness (QED) is 0.266. The molecule has 1 atom stereocenters. The number of aromatic nitrogens is 2. The second kappa shape index (κ2) is 9.63. The summed E-state index contributed by atoms with van der Waals surface area (Å²) in [5.41, 5.74) is 5.33. The summed E-state index contributed by atoms with van der Waals surface area (Å²) in [6, 6.07) is 22.4. The molecule has 1 unspecified atom stereocenters. The minimum absolute atomic E-state index is 0.0584. The van der Waals surface area contributed by atoms with Gasteiger partial charge in [0.15, 0.2) is 0 Å². The molecule has 5 rings (SSSR count). The van der Waals surface area contributed by atoms with E-state index in [0.29, 0.717) is 19.6 Å². The molecule has 1 amide bonds. The number of carbonyl (C=O) groups is 1. The van der Waals surface area contributed by atoms with E-state index in [9.17, 15) is 4.79 Å². The third-order valence-corrected chi connectivity index (χ3v) is 7.02. The number of fused-ring (bicyclic) bond motifs is 1. The summed E-state index contributed by atoms with van der Waals surface area (Å²) in [4.78, 5) is 19.8. The van der Waals surface area contributed by atoms with Crippen LogP contribution in [0.15, 0.2) is 71.2 Å². The Balaban J connectivity index is 1.35. The molecule has 0 N–H and O–H groups in total. The van der Waals surface area contributed by atoms with Gasteiger partial charge in [-0.05, 0) is 67.8 Å². The minimum atomic E-state index is 0.0584. The van der Waals surface area contributed by atoms with Crippen LogP contribution in [0.5, 0.6) is 5.75 Å². The summed E-state index contributed by atoms with van der Waals surface area (Å²) in [6.07, 6.45) is 1.33. The SMILES string of the molecule is Cc1cccc(C)c1OCCCn1c(C2CC(=O)N(c3ccc(Br)cc3)C2)nc2ccccc21. The van der Waals surface area contributed by atoms with Crippen molar-refractivity contribution in [3.8, 4) is 5.75 Å². The van der Waals surface area contributed by atoms with Crippen LogP contribution in [0.1, 0.15) is 35.7 Å². The van der Waals surface area contributed by atoms with Gasteiger partial charge in [0.05, 0.1) is 17.6 Å². The molecule has 0 bridgehead atoms. The highest BCUT2D eigenvalue weighted by Gasteiger charge is 2.34. The van der Waals surface area contributed by atoms with Gasteiger partial charge >= 0.3 is 0 Å². The van der Waals surface area contributed by atoms with E-state index in [0.717, 1.165) is 56.9 Å². The van der Waals surface area contributed by atoms with Gasteiger partial charge in [-0.2, -0.15) is 0 Å². The number of carbonyl (C=O) groups excluding carboxylic acids is 1. The van der Waals surface area contributed by atoms with Crippen LogP contribution in [-0.2, 0) is 11.3 Å². The Kier molecular flexibility index (Phi) is 6.42. The summed E-state index contributed by atoms with van der Waals surface area (Å²) in [7, 11) is 0. The Morgan fingerprint density at radius 1 is 1.00 bits per heavy atom. The molecule has 2 heterocycles. The number of hydrogen-bond acceptors (Lipinski definition) is 3. The van der Waals surface area contributed by atoms with E-state index in [-0.39, 0.29) is 11.8 Å². The largest absolute Gasteiger partial charge is 0.493 e. The predicted molar refractivity (Wildman–Crippen MR) is 140 cm³/mol. The number of anilines is 1. The second-order valence-corrected chi connectivity index (χ2v) is 9.83. The minimum Gasteiger partial charge on any atom is -0.493 e. The zero-order chi connectivity index (χ0) is 23.7. The number of amides is 1. The first-order valence-electron chi connectivity index (χ1n) is 11.7. The topological polar surface area (TPSA) is 47.4 Å². The molecule has 4 aromatic rings. The van der Waals surface area contributed by atoms with Crippen molar-refractivity contribution < 1.29 is 9.53 Å². The Bertz CT molecular complexity index is 1310. The van der Waals surface area contributed by atoms with Gasteiger partial charge in [-0.25, -0.2) is 4.98 Å². The Labute approximate surface area is 208 Å². The normalized spacial score (nSPS) is 15.9.